The number of hydrogen-bond acceptors (Lipinski definition) is 2. The summed E-state index contributed by atoms with van der Waals surface area (Å²) in [7, 11) is 3.23. The van der Waals surface area contributed by atoms with Crippen LogP contribution in [0, 0.1) is 5.92 Å². The molecule has 1 aliphatic heterocycles. The van der Waals surface area contributed by atoms with Crippen molar-refractivity contribution in [2.24, 2.45) is 5.92 Å². The molecule has 15 heavy (non-hydrogen) atoms. The molecule has 3 nitrogen and oxygen atoms in total. The van der Waals surface area contributed by atoms with Crippen LogP contribution in [0.4, 0.5) is 0 Å². The van der Waals surface area contributed by atoms with E-state index < -0.39 is 0 Å². The van der Waals surface area contributed by atoms with Gasteiger partial charge in [0, 0.05) is 32.1 Å². The van der Waals surface area contributed by atoms with Crippen molar-refractivity contribution in [3.8, 4) is 0 Å². The van der Waals surface area contributed by atoms with E-state index in [1.807, 2.05) is 20.5 Å². The first kappa shape index (κ1) is 12.8. The number of hydrogen-bond donors (Lipinski definition) is 0. The van der Waals surface area contributed by atoms with Crippen molar-refractivity contribution in [3.05, 3.63) is 0 Å². The molecule has 1 fully saturated rings. The minimum Gasteiger partial charge on any atom is -0.304 e. The van der Waals surface area contributed by atoms with Gasteiger partial charge in [0.2, 0.25) is 0 Å². The van der Waals surface area contributed by atoms with Crippen molar-refractivity contribution < 1.29 is 4.79 Å². The van der Waals surface area contributed by atoms with Crippen LogP contribution in [0.3, 0.4) is 0 Å². The molecular weight excluding hydrogens is 207 g/mol. The molecule has 0 aromatic rings. The normalized spacial score (nSPS) is 21.0. The van der Waals surface area contributed by atoms with Crippen molar-refractivity contribution in [1.82, 2.24) is 9.80 Å². The molecule has 0 unspecified atom stereocenters. The van der Waals surface area contributed by atoms with Gasteiger partial charge in [-0.05, 0) is 13.7 Å². The number of rotatable bonds is 3. The Kier molecular flexibility index (Phi) is 4.91. The topological polar surface area (TPSA) is 23.6 Å². The smallest absolute Gasteiger partial charge is 0.180 e. The summed E-state index contributed by atoms with van der Waals surface area (Å²) in [5.74, 6) is 0.427. The Balaban J connectivity index is 2.64. The molecule has 0 saturated carbocycles. The molecule has 0 atom stereocenters. The van der Waals surface area contributed by atoms with Gasteiger partial charge in [0.05, 0.1) is 5.42 Å². The van der Waals surface area contributed by atoms with Gasteiger partial charge in [-0.2, -0.15) is 0 Å². The number of ketones is 1. The zero-order valence-electron chi connectivity index (χ0n) is 10.2. The molecule has 0 aliphatic carbocycles. The zero-order valence-corrected chi connectivity index (χ0v) is 11.1. The lowest BCUT2D eigenvalue weighted by Crippen LogP contribution is -2.49. The minimum absolute atomic E-state index is 0.118. The standard InChI is InChI=1S/C11H21N2OP/c1-9(2)10(14)11(15-4)13-7-5-12(3)6-8-13/h9H,5-8H2,1-4H3. The molecule has 0 radical (unpaired) electrons. The van der Waals surface area contributed by atoms with Gasteiger partial charge in [-0.1, -0.05) is 22.1 Å². The van der Waals surface area contributed by atoms with Crippen molar-refractivity contribution in [2.45, 2.75) is 13.8 Å². The molecular formula is C11H21N2OP. The van der Waals surface area contributed by atoms with Gasteiger partial charge in [0.25, 0.3) is 0 Å². The summed E-state index contributed by atoms with van der Waals surface area (Å²) in [6, 6.07) is 0. The number of likely N-dealkylation sites (N-methyl/N-ethyl adjacent to an activating group) is 1. The van der Waals surface area contributed by atoms with Crippen molar-refractivity contribution >= 4 is 19.4 Å². The Labute approximate surface area is 94.2 Å². The Morgan fingerprint density at radius 2 is 1.73 bits per heavy atom. The monoisotopic (exact) mass is 228 g/mol. The second-order valence-corrected chi connectivity index (χ2v) is 5.23. The Bertz CT molecular complexity index is 255. The van der Waals surface area contributed by atoms with E-state index in [1.54, 1.807) is 0 Å². The number of nitrogens with zero attached hydrogens (tertiary/aromatic N) is 2. The molecule has 0 N–H and O–H groups in total. The third kappa shape index (κ3) is 3.37. The molecule has 0 aromatic carbocycles. The second kappa shape index (κ2) is 5.74. The van der Waals surface area contributed by atoms with Crippen molar-refractivity contribution in [2.75, 3.05) is 39.9 Å². The zero-order chi connectivity index (χ0) is 11.4. The Morgan fingerprint density at radius 3 is 2.13 bits per heavy atom. The summed E-state index contributed by atoms with van der Waals surface area (Å²) in [5, 5.41) is 0. The predicted molar refractivity (Wildman–Crippen MR) is 66.8 cm³/mol. The predicted octanol–water partition coefficient (Wildman–Crippen LogP) is 1.16. The highest BCUT2D eigenvalue weighted by Crippen LogP contribution is 2.10. The first-order chi connectivity index (χ1) is 7.06. The van der Waals surface area contributed by atoms with Crippen LogP contribution < -0.4 is 0 Å². The van der Waals surface area contributed by atoms with E-state index in [0.29, 0.717) is 5.78 Å². The molecule has 0 amide bonds. The summed E-state index contributed by atoms with van der Waals surface area (Å²) < 4.78 is 0. The highest BCUT2D eigenvalue weighted by Gasteiger charge is 2.23. The van der Waals surface area contributed by atoms with Gasteiger partial charge >= 0.3 is 0 Å². The lowest BCUT2D eigenvalue weighted by Gasteiger charge is -2.33. The molecule has 86 valence electrons. The maximum atomic E-state index is 12.0. The molecule has 1 heterocycles. The van der Waals surface area contributed by atoms with Gasteiger partial charge < -0.3 is 4.90 Å². The summed E-state index contributed by atoms with van der Waals surface area (Å²) >= 11 is 0. The van der Waals surface area contributed by atoms with Crippen LogP contribution in [0.25, 0.3) is 0 Å². The number of carbonyl (C=O) groups excluding carboxylic acids is 1. The number of carbonyl (C=O) groups is 1. The van der Waals surface area contributed by atoms with Gasteiger partial charge in [-0.15, -0.1) is 0 Å². The fourth-order valence-electron chi connectivity index (χ4n) is 1.68. The highest BCUT2D eigenvalue weighted by molar-refractivity contribution is 7.42. The van der Waals surface area contributed by atoms with Crippen LogP contribution in [-0.2, 0) is 4.79 Å². The first-order valence-corrected chi connectivity index (χ1v) is 6.85. The maximum Gasteiger partial charge on any atom is 0.180 e. The van der Waals surface area contributed by atoms with E-state index in [0.717, 1.165) is 39.8 Å². The second-order valence-electron chi connectivity index (χ2n) is 4.36. The van der Waals surface area contributed by atoms with Crippen LogP contribution in [0.1, 0.15) is 13.8 Å². The fraction of sp³-hybridized carbons (Fsp3) is 0.818. The molecule has 4 heteroatoms. The minimum atomic E-state index is 0.118. The van der Waals surface area contributed by atoms with E-state index in [9.17, 15) is 4.79 Å². The summed E-state index contributed by atoms with van der Waals surface area (Å²) in [6.45, 7) is 10.1. The third-order valence-electron chi connectivity index (χ3n) is 2.76. The summed E-state index contributed by atoms with van der Waals surface area (Å²) in [6.07, 6.45) is 0. The van der Waals surface area contributed by atoms with E-state index in [2.05, 4.69) is 16.8 Å². The lowest BCUT2D eigenvalue weighted by atomic mass is 10.1. The van der Waals surface area contributed by atoms with E-state index >= 15 is 0 Å². The van der Waals surface area contributed by atoms with Crippen LogP contribution >= 0.6 is 8.20 Å². The average molecular weight is 228 g/mol. The van der Waals surface area contributed by atoms with Crippen molar-refractivity contribution in [3.63, 3.8) is 0 Å². The Morgan fingerprint density at radius 1 is 1.20 bits per heavy atom. The van der Waals surface area contributed by atoms with E-state index in [1.165, 1.54) is 0 Å². The van der Waals surface area contributed by atoms with Crippen molar-refractivity contribution in [1.29, 1.82) is 0 Å². The van der Waals surface area contributed by atoms with Gasteiger partial charge in [0.15, 0.2) is 5.78 Å². The quantitative estimate of drug-likeness (QED) is 0.677. The molecule has 0 aromatic heterocycles. The molecule has 0 bridgehead atoms. The number of Topliss-reactive ketones (excluding diaryl/α,β-unsaturated/α-hetero) is 1. The van der Waals surface area contributed by atoms with E-state index in [4.69, 9.17) is 0 Å². The number of piperazine rings is 1. The van der Waals surface area contributed by atoms with Crippen LogP contribution in [0.5, 0.6) is 0 Å². The maximum absolute atomic E-state index is 12.0. The summed E-state index contributed by atoms with van der Waals surface area (Å²) in [5.41, 5.74) is 0.998. The van der Waals surface area contributed by atoms with Gasteiger partial charge in [0.1, 0.15) is 0 Å². The fourth-order valence-corrected chi connectivity index (χ4v) is 2.65. The largest absolute Gasteiger partial charge is 0.304 e. The van der Waals surface area contributed by atoms with Gasteiger partial charge in [-0.3, -0.25) is 9.69 Å². The lowest BCUT2D eigenvalue weighted by molar-refractivity contribution is -0.116. The summed E-state index contributed by atoms with van der Waals surface area (Å²) in [4.78, 5) is 16.5. The van der Waals surface area contributed by atoms with E-state index in [-0.39, 0.29) is 5.92 Å². The SMILES string of the molecule is CP=C(C(=O)C(C)C)N1CCN(C)CC1. The van der Waals surface area contributed by atoms with Crippen LogP contribution in [0.15, 0.2) is 0 Å². The Hall–Kier alpha value is -0.240. The third-order valence-corrected chi connectivity index (χ3v) is 3.69. The molecule has 1 rings (SSSR count). The average Bonchev–Trinajstić information content (AvgIpc) is 2.21. The molecule has 1 saturated heterocycles. The molecule has 1 aliphatic rings. The first-order valence-electron chi connectivity index (χ1n) is 5.50. The van der Waals surface area contributed by atoms with Crippen LogP contribution in [-0.4, -0.2) is 60.9 Å². The van der Waals surface area contributed by atoms with Crippen LogP contribution in [0.2, 0.25) is 0 Å². The molecule has 0 spiro atoms. The van der Waals surface area contributed by atoms with Gasteiger partial charge in [-0.25, -0.2) is 0 Å². The highest BCUT2D eigenvalue weighted by atomic mass is 31.1.